The molecule has 2 N–H and O–H groups in total. The van der Waals surface area contributed by atoms with Gasteiger partial charge < -0.3 is 15.5 Å². The Labute approximate surface area is 168 Å². The van der Waals surface area contributed by atoms with Gasteiger partial charge in [-0.3, -0.25) is 9.59 Å². The van der Waals surface area contributed by atoms with Crippen molar-refractivity contribution in [1.29, 1.82) is 0 Å². The van der Waals surface area contributed by atoms with Crippen LogP contribution in [0.4, 0.5) is 15.9 Å². The highest BCUT2D eigenvalue weighted by atomic mass is 19.1. The van der Waals surface area contributed by atoms with Crippen LogP contribution in [0.5, 0.6) is 0 Å². The summed E-state index contributed by atoms with van der Waals surface area (Å²) in [5.74, 6) is -0.593. The average molecular weight is 392 g/mol. The number of pyridine rings is 1. The number of nitrogens with one attached hydrogen (secondary N) is 2. The van der Waals surface area contributed by atoms with E-state index in [1.807, 2.05) is 0 Å². The van der Waals surface area contributed by atoms with Crippen molar-refractivity contribution in [2.75, 3.05) is 19.4 Å². The molecule has 2 aromatic carbocycles. The Bertz CT molecular complexity index is 1020. The van der Waals surface area contributed by atoms with Crippen LogP contribution in [0.25, 0.3) is 0 Å². The fraction of sp³-hybridized carbons (Fsp3) is 0.136. The van der Waals surface area contributed by atoms with E-state index in [9.17, 15) is 14.0 Å². The summed E-state index contributed by atoms with van der Waals surface area (Å²) in [5, 5.41) is 5.68. The number of carbonyl (C=O) groups is 2. The number of halogens is 1. The first kappa shape index (κ1) is 20.0. The second-order valence-corrected chi connectivity index (χ2v) is 6.58. The molecular formula is C22H21FN4O2. The molecule has 2 amide bonds. The molecule has 0 aliphatic rings. The number of carbonyl (C=O) groups excluding carboxylic acids is 2. The zero-order chi connectivity index (χ0) is 20.8. The lowest BCUT2D eigenvalue weighted by atomic mass is 10.1. The summed E-state index contributed by atoms with van der Waals surface area (Å²) in [5.41, 5.74) is 1.96. The van der Waals surface area contributed by atoms with Gasteiger partial charge in [0.15, 0.2) is 0 Å². The molecule has 0 atom stereocenters. The topological polar surface area (TPSA) is 74.3 Å². The van der Waals surface area contributed by atoms with E-state index in [4.69, 9.17) is 0 Å². The fourth-order valence-electron chi connectivity index (χ4n) is 2.68. The summed E-state index contributed by atoms with van der Waals surface area (Å²) in [7, 11) is 3.38. The first-order valence-electron chi connectivity index (χ1n) is 9.01. The van der Waals surface area contributed by atoms with Gasteiger partial charge in [0, 0.05) is 32.4 Å². The van der Waals surface area contributed by atoms with E-state index in [1.165, 1.54) is 17.2 Å². The Morgan fingerprint density at radius 2 is 1.72 bits per heavy atom. The summed E-state index contributed by atoms with van der Waals surface area (Å²) in [6.45, 7) is 0.281. The maximum atomic E-state index is 13.9. The smallest absolute Gasteiger partial charge is 0.255 e. The van der Waals surface area contributed by atoms with E-state index in [0.29, 0.717) is 11.1 Å². The molecule has 1 aromatic heterocycles. The van der Waals surface area contributed by atoms with Crippen LogP contribution in [0.2, 0.25) is 0 Å². The van der Waals surface area contributed by atoms with Crippen molar-refractivity contribution in [3.05, 3.63) is 89.4 Å². The molecule has 0 aliphatic heterocycles. The molecular weight excluding hydrogens is 371 g/mol. The quantitative estimate of drug-likeness (QED) is 0.672. The van der Waals surface area contributed by atoms with Crippen LogP contribution < -0.4 is 10.6 Å². The van der Waals surface area contributed by atoms with Crippen LogP contribution in [0.3, 0.4) is 0 Å². The van der Waals surface area contributed by atoms with Gasteiger partial charge in [-0.15, -0.1) is 0 Å². The third-order valence-electron chi connectivity index (χ3n) is 4.24. The number of hydrogen-bond donors (Lipinski definition) is 2. The molecule has 0 aliphatic carbocycles. The van der Waals surface area contributed by atoms with Crippen molar-refractivity contribution < 1.29 is 14.0 Å². The van der Waals surface area contributed by atoms with Crippen LogP contribution in [-0.2, 0) is 6.54 Å². The number of rotatable bonds is 6. The fourth-order valence-corrected chi connectivity index (χ4v) is 2.68. The molecule has 7 heteroatoms. The van der Waals surface area contributed by atoms with Gasteiger partial charge in [-0.2, -0.15) is 0 Å². The van der Waals surface area contributed by atoms with Crippen LogP contribution in [0.15, 0.2) is 66.9 Å². The van der Waals surface area contributed by atoms with E-state index in [-0.39, 0.29) is 29.9 Å². The van der Waals surface area contributed by atoms with Gasteiger partial charge >= 0.3 is 0 Å². The van der Waals surface area contributed by atoms with E-state index >= 15 is 0 Å². The van der Waals surface area contributed by atoms with Gasteiger partial charge in [-0.1, -0.05) is 24.3 Å². The summed E-state index contributed by atoms with van der Waals surface area (Å²) >= 11 is 0. The van der Waals surface area contributed by atoms with Crippen molar-refractivity contribution >= 4 is 23.3 Å². The molecule has 29 heavy (non-hydrogen) atoms. The van der Waals surface area contributed by atoms with Crippen molar-refractivity contribution in [2.24, 2.45) is 0 Å². The highest BCUT2D eigenvalue weighted by Gasteiger charge is 2.14. The second kappa shape index (κ2) is 8.97. The molecule has 0 saturated heterocycles. The van der Waals surface area contributed by atoms with Crippen molar-refractivity contribution in [3.63, 3.8) is 0 Å². The largest absolute Gasteiger partial charge is 0.348 e. The van der Waals surface area contributed by atoms with Gasteiger partial charge in [-0.05, 0) is 42.0 Å². The van der Waals surface area contributed by atoms with E-state index in [2.05, 4.69) is 15.6 Å². The number of aromatic nitrogens is 1. The van der Waals surface area contributed by atoms with Crippen molar-refractivity contribution in [1.82, 2.24) is 15.2 Å². The van der Waals surface area contributed by atoms with E-state index in [1.54, 1.807) is 68.7 Å². The normalized spacial score (nSPS) is 10.3. The third-order valence-corrected chi connectivity index (χ3v) is 4.24. The molecule has 0 unspecified atom stereocenters. The Kier molecular flexibility index (Phi) is 6.19. The lowest BCUT2D eigenvalue weighted by Crippen LogP contribution is -2.24. The van der Waals surface area contributed by atoms with Crippen LogP contribution >= 0.6 is 0 Å². The molecule has 0 radical (unpaired) electrons. The second-order valence-electron chi connectivity index (χ2n) is 6.58. The third kappa shape index (κ3) is 4.95. The summed E-state index contributed by atoms with van der Waals surface area (Å²) in [4.78, 5) is 30.2. The lowest BCUT2D eigenvalue weighted by molar-refractivity contribution is 0.0827. The van der Waals surface area contributed by atoms with Gasteiger partial charge in [0.1, 0.15) is 11.6 Å². The number of amides is 2. The molecule has 6 nitrogen and oxygen atoms in total. The SMILES string of the molecule is CN(C)C(=O)c1ccc(CNC(=O)c2cccnc2Nc2ccccc2F)cc1. The Morgan fingerprint density at radius 1 is 1.00 bits per heavy atom. The minimum atomic E-state index is -0.433. The Hall–Kier alpha value is -3.74. The van der Waals surface area contributed by atoms with Crippen molar-refractivity contribution in [3.8, 4) is 0 Å². The van der Waals surface area contributed by atoms with E-state index < -0.39 is 5.82 Å². The standard InChI is InChI=1S/C22H21FN4O2/c1-27(2)22(29)16-11-9-15(10-12-16)14-25-21(28)17-6-5-13-24-20(17)26-19-8-4-3-7-18(19)23/h3-13H,14H2,1-2H3,(H,24,26)(H,25,28). The number of para-hydroxylation sites is 1. The Morgan fingerprint density at radius 3 is 2.41 bits per heavy atom. The molecule has 1 heterocycles. The number of anilines is 2. The van der Waals surface area contributed by atoms with Gasteiger partial charge in [0.25, 0.3) is 11.8 Å². The van der Waals surface area contributed by atoms with Crippen molar-refractivity contribution in [2.45, 2.75) is 6.54 Å². The lowest BCUT2D eigenvalue weighted by Gasteiger charge is -2.12. The van der Waals surface area contributed by atoms with Gasteiger partial charge in [0.2, 0.25) is 0 Å². The van der Waals surface area contributed by atoms with Crippen LogP contribution in [0, 0.1) is 5.82 Å². The molecule has 0 saturated carbocycles. The zero-order valence-corrected chi connectivity index (χ0v) is 16.1. The monoisotopic (exact) mass is 392 g/mol. The maximum Gasteiger partial charge on any atom is 0.255 e. The summed E-state index contributed by atoms with van der Waals surface area (Å²) in [6, 6.07) is 16.5. The first-order valence-corrected chi connectivity index (χ1v) is 9.01. The van der Waals surface area contributed by atoms with E-state index in [0.717, 1.165) is 5.56 Å². The molecule has 0 bridgehead atoms. The van der Waals surface area contributed by atoms with Crippen LogP contribution in [-0.4, -0.2) is 35.8 Å². The summed E-state index contributed by atoms with van der Waals surface area (Å²) < 4.78 is 13.9. The number of nitrogens with zero attached hydrogens (tertiary/aromatic N) is 2. The summed E-state index contributed by atoms with van der Waals surface area (Å²) in [6.07, 6.45) is 1.53. The molecule has 3 rings (SSSR count). The minimum Gasteiger partial charge on any atom is -0.348 e. The molecule has 148 valence electrons. The highest BCUT2D eigenvalue weighted by Crippen LogP contribution is 2.21. The number of benzene rings is 2. The van der Waals surface area contributed by atoms with Crippen LogP contribution in [0.1, 0.15) is 26.3 Å². The molecule has 0 fully saturated rings. The maximum absolute atomic E-state index is 13.9. The predicted octanol–water partition coefficient (Wildman–Crippen LogP) is 3.60. The highest BCUT2D eigenvalue weighted by molar-refractivity contribution is 5.99. The average Bonchev–Trinajstić information content (AvgIpc) is 2.74. The minimum absolute atomic E-state index is 0.0835. The molecule has 3 aromatic rings. The molecule has 0 spiro atoms. The number of hydrogen-bond acceptors (Lipinski definition) is 4. The van der Waals surface area contributed by atoms with Gasteiger partial charge in [0.05, 0.1) is 11.3 Å². The zero-order valence-electron chi connectivity index (χ0n) is 16.1. The first-order chi connectivity index (χ1) is 14.0. The Balaban J connectivity index is 1.69. The predicted molar refractivity (Wildman–Crippen MR) is 110 cm³/mol. The van der Waals surface area contributed by atoms with Gasteiger partial charge in [-0.25, -0.2) is 9.37 Å².